The van der Waals surface area contributed by atoms with Gasteiger partial charge in [0.15, 0.2) is 0 Å². The van der Waals surface area contributed by atoms with Crippen LogP contribution in [0.2, 0.25) is 0 Å². The lowest BCUT2D eigenvalue weighted by molar-refractivity contribution is 1.20. The maximum Gasteiger partial charge on any atom is 0.0512 e. The smallest absolute Gasteiger partial charge is 0.0512 e. The Morgan fingerprint density at radius 2 is 1.87 bits per heavy atom. The molecule has 2 aromatic carbocycles. The van der Waals surface area contributed by atoms with Crippen LogP contribution in [0.1, 0.15) is 5.56 Å². The van der Waals surface area contributed by atoms with Gasteiger partial charge in [-0.25, -0.2) is 0 Å². The predicted molar refractivity (Wildman–Crippen MR) is 67.3 cm³/mol. The lowest BCUT2D eigenvalue weighted by Crippen LogP contribution is -2.09. The maximum absolute atomic E-state index is 3.81. The van der Waals surface area contributed by atoms with Gasteiger partial charge in [0.1, 0.15) is 0 Å². The van der Waals surface area contributed by atoms with E-state index in [2.05, 4.69) is 54.8 Å². The first-order chi connectivity index (χ1) is 7.24. The Labute approximate surface area is 90.6 Å². The van der Waals surface area contributed by atoms with Crippen molar-refractivity contribution in [2.45, 2.75) is 6.92 Å². The molecule has 2 rings (SSSR count). The Kier molecular flexibility index (Phi) is 2.46. The molecular formula is C14H15N. The van der Waals surface area contributed by atoms with E-state index >= 15 is 0 Å². The molecule has 0 bridgehead atoms. The van der Waals surface area contributed by atoms with E-state index in [4.69, 9.17) is 0 Å². The Bertz CT molecular complexity index is 500. The highest BCUT2D eigenvalue weighted by Gasteiger charge is 2.06. The van der Waals surface area contributed by atoms with Crippen LogP contribution in [0.25, 0.3) is 10.8 Å². The van der Waals surface area contributed by atoms with Gasteiger partial charge in [0.25, 0.3) is 0 Å². The second kappa shape index (κ2) is 3.77. The van der Waals surface area contributed by atoms with Crippen LogP contribution in [0.5, 0.6) is 0 Å². The molecule has 0 saturated carbocycles. The SMILES string of the molecule is C=CN(C)c1c(C)ccc2ccccc12. The Morgan fingerprint density at radius 1 is 1.13 bits per heavy atom. The highest BCUT2D eigenvalue weighted by Crippen LogP contribution is 2.29. The molecule has 0 N–H and O–H groups in total. The fraction of sp³-hybridized carbons (Fsp3) is 0.143. The summed E-state index contributed by atoms with van der Waals surface area (Å²) < 4.78 is 0. The fourth-order valence-corrected chi connectivity index (χ4v) is 1.92. The number of rotatable bonds is 2. The molecule has 0 unspecified atom stereocenters. The summed E-state index contributed by atoms with van der Waals surface area (Å²) in [7, 11) is 2.03. The van der Waals surface area contributed by atoms with Gasteiger partial charge in [-0.3, -0.25) is 0 Å². The zero-order chi connectivity index (χ0) is 10.8. The standard InChI is InChI=1S/C14H15N/c1-4-15(3)14-11(2)9-10-12-7-5-6-8-13(12)14/h4-10H,1H2,2-3H3. The van der Waals surface area contributed by atoms with Crippen LogP contribution in [0.3, 0.4) is 0 Å². The van der Waals surface area contributed by atoms with Crippen LogP contribution in [0.4, 0.5) is 5.69 Å². The maximum atomic E-state index is 3.81. The second-order valence-corrected chi connectivity index (χ2v) is 3.75. The summed E-state index contributed by atoms with van der Waals surface area (Å²) in [6.45, 7) is 5.94. The van der Waals surface area contributed by atoms with Crippen molar-refractivity contribution in [3.8, 4) is 0 Å². The molecule has 0 amide bonds. The quantitative estimate of drug-likeness (QED) is 0.709. The first-order valence-electron chi connectivity index (χ1n) is 5.08. The monoisotopic (exact) mass is 197 g/mol. The van der Waals surface area contributed by atoms with Gasteiger partial charge in [-0.15, -0.1) is 0 Å². The molecule has 0 radical (unpaired) electrons. The number of fused-ring (bicyclic) bond motifs is 1. The molecule has 1 heteroatoms. The van der Waals surface area contributed by atoms with Crippen LogP contribution in [-0.4, -0.2) is 7.05 Å². The van der Waals surface area contributed by atoms with Crippen molar-refractivity contribution in [2.24, 2.45) is 0 Å². The van der Waals surface area contributed by atoms with E-state index in [-0.39, 0.29) is 0 Å². The highest BCUT2D eigenvalue weighted by molar-refractivity contribution is 5.96. The topological polar surface area (TPSA) is 3.24 Å². The third-order valence-corrected chi connectivity index (χ3v) is 2.73. The largest absolute Gasteiger partial charge is 0.351 e. The molecule has 0 atom stereocenters. The van der Waals surface area contributed by atoms with Crippen molar-refractivity contribution in [1.82, 2.24) is 0 Å². The van der Waals surface area contributed by atoms with Gasteiger partial charge in [-0.1, -0.05) is 43.0 Å². The van der Waals surface area contributed by atoms with Crippen molar-refractivity contribution < 1.29 is 0 Å². The number of anilines is 1. The lowest BCUT2D eigenvalue weighted by atomic mass is 10.0. The minimum absolute atomic E-state index is 1.24. The molecule has 15 heavy (non-hydrogen) atoms. The second-order valence-electron chi connectivity index (χ2n) is 3.75. The van der Waals surface area contributed by atoms with Crippen LogP contribution in [0, 0.1) is 6.92 Å². The van der Waals surface area contributed by atoms with Gasteiger partial charge < -0.3 is 4.90 Å². The van der Waals surface area contributed by atoms with Gasteiger partial charge in [-0.05, 0) is 24.1 Å². The predicted octanol–water partition coefficient (Wildman–Crippen LogP) is 3.73. The summed E-state index contributed by atoms with van der Waals surface area (Å²) in [5.41, 5.74) is 2.51. The summed E-state index contributed by atoms with van der Waals surface area (Å²) in [6.07, 6.45) is 1.84. The van der Waals surface area contributed by atoms with Crippen LogP contribution in [0.15, 0.2) is 49.2 Å². The van der Waals surface area contributed by atoms with E-state index < -0.39 is 0 Å². The molecule has 2 aromatic rings. The Balaban J connectivity index is 2.79. The molecule has 0 aromatic heterocycles. The molecule has 0 fully saturated rings. The Hall–Kier alpha value is -1.76. The number of nitrogens with zero attached hydrogens (tertiary/aromatic N) is 1. The third-order valence-electron chi connectivity index (χ3n) is 2.73. The first kappa shape index (κ1) is 9.78. The summed E-state index contributed by atoms with van der Waals surface area (Å²) in [5, 5.41) is 2.55. The van der Waals surface area contributed by atoms with Gasteiger partial charge >= 0.3 is 0 Å². The molecule has 0 spiro atoms. The average Bonchev–Trinajstić information content (AvgIpc) is 2.28. The summed E-state index contributed by atoms with van der Waals surface area (Å²) in [5.74, 6) is 0. The van der Waals surface area contributed by atoms with Crippen LogP contribution >= 0.6 is 0 Å². The summed E-state index contributed by atoms with van der Waals surface area (Å²) >= 11 is 0. The molecule has 0 heterocycles. The van der Waals surface area contributed by atoms with Gasteiger partial charge in [0, 0.05) is 12.4 Å². The molecule has 0 aliphatic carbocycles. The van der Waals surface area contributed by atoms with Crippen LogP contribution in [-0.2, 0) is 0 Å². The van der Waals surface area contributed by atoms with Crippen molar-refractivity contribution >= 4 is 16.5 Å². The zero-order valence-corrected chi connectivity index (χ0v) is 9.20. The van der Waals surface area contributed by atoms with Crippen molar-refractivity contribution in [1.29, 1.82) is 0 Å². The minimum atomic E-state index is 1.24. The molecule has 0 aliphatic rings. The van der Waals surface area contributed by atoms with E-state index in [1.54, 1.807) is 0 Å². The minimum Gasteiger partial charge on any atom is -0.351 e. The highest BCUT2D eigenvalue weighted by atomic mass is 15.1. The van der Waals surface area contributed by atoms with Crippen molar-refractivity contribution in [2.75, 3.05) is 11.9 Å². The van der Waals surface area contributed by atoms with E-state index in [1.807, 2.05) is 13.2 Å². The molecule has 0 saturated heterocycles. The zero-order valence-electron chi connectivity index (χ0n) is 9.20. The lowest BCUT2D eigenvalue weighted by Gasteiger charge is -2.19. The fourth-order valence-electron chi connectivity index (χ4n) is 1.92. The van der Waals surface area contributed by atoms with E-state index in [0.29, 0.717) is 0 Å². The molecule has 1 nitrogen and oxygen atoms in total. The number of benzene rings is 2. The van der Waals surface area contributed by atoms with E-state index in [0.717, 1.165) is 0 Å². The first-order valence-corrected chi connectivity index (χ1v) is 5.08. The van der Waals surface area contributed by atoms with Gasteiger partial charge in [0.2, 0.25) is 0 Å². The molecular weight excluding hydrogens is 182 g/mol. The van der Waals surface area contributed by atoms with Crippen LogP contribution < -0.4 is 4.90 Å². The average molecular weight is 197 g/mol. The molecule has 76 valence electrons. The van der Waals surface area contributed by atoms with Crippen molar-refractivity contribution in [3.05, 3.63) is 54.7 Å². The van der Waals surface area contributed by atoms with E-state index in [9.17, 15) is 0 Å². The third kappa shape index (κ3) is 1.61. The number of hydrogen-bond donors (Lipinski definition) is 0. The van der Waals surface area contributed by atoms with Crippen molar-refractivity contribution in [3.63, 3.8) is 0 Å². The van der Waals surface area contributed by atoms with E-state index in [1.165, 1.54) is 22.0 Å². The molecule has 0 aliphatic heterocycles. The number of aryl methyl sites for hydroxylation is 1. The van der Waals surface area contributed by atoms with Gasteiger partial charge in [-0.2, -0.15) is 0 Å². The summed E-state index contributed by atoms with van der Waals surface area (Å²) in [6, 6.07) is 12.7. The summed E-state index contributed by atoms with van der Waals surface area (Å²) in [4.78, 5) is 2.07. The number of hydrogen-bond acceptors (Lipinski definition) is 1. The normalized spacial score (nSPS) is 10.3. The van der Waals surface area contributed by atoms with Gasteiger partial charge in [0.05, 0.1) is 5.69 Å². The Morgan fingerprint density at radius 3 is 2.60 bits per heavy atom.